The van der Waals surface area contributed by atoms with Crippen LogP contribution in [0.1, 0.15) is 43.9 Å². The van der Waals surface area contributed by atoms with E-state index in [1.54, 1.807) is 32.1 Å². The first kappa shape index (κ1) is 23.8. The Balaban J connectivity index is 1.90. The summed E-state index contributed by atoms with van der Waals surface area (Å²) in [7, 11) is 0. The van der Waals surface area contributed by atoms with Gasteiger partial charge >= 0.3 is 6.09 Å². The third kappa shape index (κ3) is 5.90. The standard InChI is InChI=1S/C22H24ClFN4O3S/c1-6-14-16(10-15(12(2)24)26-21(29)31-22(3,4)5)30-18-17(14)27-20(23)28-19(18)25-11-13-8-7-9-32-13/h1,7-9,12,15H,10-11H2,2-5H3,(H,26,29)(H,25,27,28)/t12-,15+/m0/s1. The first-order valence-electron chi connectivity index (χ1n) is 9.92. The lowest BCUT2D eigenvalue weighted by Crippen LogP contribution is -2.44. The van der Waals surface area contributed by atoms with Gasteiger partial charge in [0.05, 0.1) is 18.2 Å². The average molecular weight is 479 g/mol. The number of terminal acetylenes is 1. The van der Waals surface area contributed by atoms with Crippen molar-refractivity contribution < 1.29 is 18.3 Å². The number of rotatable bonds is 7. The van der Waals surface area contributed by atoms with Gasteiger partial charge in [0.1, 0.15) is 23.0 Å². The number of nitrogens with one attached hydrogen (secondary N) is 2. The maximum absolute atomic E-state index is 14.3. The number of alkyl halides is 1. The molecule has 0 unspecified atom stereocenters. The molecule has 3 rings (SSSR count). The fourth-order valence-corrected chi connectivity index (χ4v) is 3.79. The molecule has 0 aliphatic carbocycles. The molecule has 32 heavy (non-hydrogen) atoms. The molecule has 0 saturated heterocycles. The van der Waals surface area contributed by atoms with E-state index in [9.17, 15) is 9.18 Å². The summed E-state index contributed by atoms with van der Waals surface area (Å²) in [4.78, 5) is 21.7. The maximum Gasteiger partial charge on any atom is 0.407 e. The minimum atomic E-state index is -1.40. The molecule has 2 atom stereocenters. The lowest BCUT2D eigenvalue weighted by molar-refractivity contribution is 0.0476. The van der Waals surface area contributed by atoms with E-state index in [1.165, 1.54) is 6.92 Å². The molecule has 0 saturated carbocycles. The minimum Gasteiger partial charge on any atom is -0.454 e. The number of hydrogen-bond acceptors (Lipinski definition) is 7. The van der Waals surface area contributed by atoms with Crippen LogP contribution in [0.2, 0.25) is 5.28 Å². The van der Waals surface area contributed by atoms with Crippen molar-refractivity contribution in [2.45, 2.75) is 58.5 Å². The molecule has 170 valence electrons. The van der Waals surface area contributed by atoms with Crippen molar-refractivity contribution in [3.63, 3.8) is 0 Å². The molecule has 0 aromatic carbocycles. The molecule has 0 aliphatic heterocycles. The SMILES string of the molecule is C#Cc1c(C[C@@H](NC(=O)OC(C)(C)C)[C@H](C)F)oc2c(NCc3cccs3)nc(Cl)nc12. The van der Waals surface area contributed by atoms with Gasteiger partial charge in [0.15, 0.2) is 11.4 Å². The number of ether oxygens (including phenoxy) is 1. The molecular weight excluding hydrogens is 455 g/mol. The molecule has 0 fully saturated rings. The number of anilines is 1. The fraction of sp³-hybridized carbons (Fsp3) is 0.409. The fourth-order valence-electron chi connectivity index (χ4n) is 2.98. The van der Waals surface area contributed by atoms with Gasteiger partial charge in [-0.2, -0.15) is 4.98 Å². The zero-order valence-electron chi connectivity index (χ0n) is 18.2. The zero-order valence-corrected chi connectivity index (χ0v) is 19.7. The molecule has 0 bridgehead atoms. The van der Waals surface area contributed by atoms with Crippen molar-refractivity contribution in [2.75, 3.05) is 5.32 Å². The van der Waals surface area contributed by atoms with Gasteiger partial charge in [-0.25, -0.2) is 14.2 Å². The van der Waals surface area contributed by atoms with E-state index in [4.69, 9.17) is 27.2 Å². The molecule has 0 radical (unpaired) electrons. The van der Waals surface area contributed by atoms with Gasteiger partial charge in [0.2, 0.25) is 5.28 Å². The van der Waals surface area contributed by atoms with Crippen LogP contribution >= 0.6 is 22.9 Å². The molecule has 7 nitrogen and oxygen atoms in total. The Labute approximate surface area is 194 Å². The van der Waals surface area contributed by atoms with E-state index in [0.717, 1.165) is 4.88 Å². The number of carbonyl (C=O) groups excluding carboxylic acids is 1. The molecule has 2 N–H and O–H groups in total. The van der Waals surface area contributed by atoms with Crippen LogP contribution in [0.25, 0.3) is 11.1 Å². The highest BCUT2D eigenvalue weighted by Gasteiger charge is 2.27. The number of furan rings is 1. The molecule has 0 spiro atoms. The van der Waals surface area contributed by atoms with Gasteiger partial charge in [-0.3, -0.25) is 0 Å². The van der Waals surface area contributed by atoms with E-state index in [1.807, 2.05) is 17.5 Å². The summed E-state index contributed by atoms with van der Waals surface area (Å²) < 4.78 is 25.5. The predicted octanol–water partition coefficient (Wildman–Crippen LogP) is 5.32. The van der Waals surface area contributed by atoms with Crippen LogP contribution in [0, 0.1) is 12.3 Å². The lowest BCUT2D eigenvalue weighted by atomic mass is 10.1. The van der Waals surface area contributed by atoms with Gasteiger partial charge in [0, 0.05) is 11.3 Å². The van der Waals surface area contributed by atoms with Crippen LogP contribution < -0.4 is 10.6 Å². The second-order valence-electron chi connectivity index (χ2n) is 8.13. The third-order valence-corrected chi connectivity index (χ3v) is 5.44. The second-order valence-corrected chi connectivity index (χ2v) is 9.50. The van der Waals surface area contributed by atoms with Crippen LogP contribution in [-0.4, -0.2) is 33.9 Å². The van der Waals surface area contributed by atoms with Gasteiger partial charge in [-0.05, 0) is 50.7 Å². The predicted molar refractivity (Wildman–Crippen MR) is 124 cm³/mol. The Hall–Kier alpha value is -2.83. The van der Waals surface area contributed by atoms with Crippen LogP contribution in [0.15, 0.2) is 21.9 Å². The lowest BCUT2D eigenvalue weighted by Gasteiger charge is -2.24. The smallest absolute Gasteiger partial charge is 0.407 e. The van der Waals surface area contributed by atoms with Crippen molar-refractivity contribution in [3.05, 3.63) is 39.0 Å². The molecule has 0 aliphatic rings. The Morgan fingerprint density at radius 2 is 2.19 bits per heavy atom. The largest absolute Gasteiger partial charge is 0.454 e. The topological polar surface area (TPSA) is 89.3 Å². The van der Waals surface area contributed by atoms with Crippen LogP contribution in [-0.2, 0) is 17.7 Å². The average Bonchev–Trinajstić information content (AvgIpc) is 3.31. The van der Waals surface area contributed by atoms with E-state index >= 15 is 0 Å². The number of nitrogens with zero attached hydrogens (tertiary/aromatic N) is 2. The number of fused-ring (bicyclic) bond motifs is 1. The van der Waals surface area contributed by atoms with Crippen LogP contribution in [0.4, 0.5) is 15.0 Å². The number of amides is 1. The second kappa shape index (κ2) is 9.76. The first-order chi connectivity index (χ1) is 15.1. The van der Waals surface area contributed by atoms with Crippen molar-refractivity contribution >= 4 is 45.9 Å². The Kier molecular flexibility index (Phi) is 7.26. The van der Waals surface area contributed by atoms with Gasteiger partial charge in [-0.15, -0.1) is 17.8 Å². The van der Waals surface area contributed by atoms with Gasteiger partial charge < -0.3 is 19.8 Å². The van der Waals surface area contributed by atoms with Crippen LogP contribution in [0.3, 0.4) is 0 Å². The quantitative estimate of drug-likeness (QED) is 0.352. The summed E-state index contributed by atoms with van der Waals surface area (Å²) in [6, 6.07) is 3.00. The maximum atomic E-state index is 14.3. The van der Waals surface area contributed by atoms with Crippen molar-refractivity contribution in [1.29, 1.82) is 0 Å². The minimum absolute atomic E-state index is 0.00248. The summed E-state index contributed by atoms with van der Waals surface area (Å²) in [6.07, 6.45) is 3.58. The normalized spacial score (nSPS) is 13.4. The number of halogens is 2. The van der Waals surface area contributed by atoms with Gasteiger partial charge in [-0.1, -0.05) is 12.0 Å². The molecule has 10 heteroatoms. The summed E-state index contributed by atoms with van der Waals surface area (Å²) in [5.41, 5.74) is 0.280. The summed E-state index contributed by atoms with van der Waals surface area (Å²) in [5, 5.41) is 7.69. The van der Waals surface area contributed by atoms with Crippen LogP contribution in [0.5, 0.6) is 0 Å². The van der Waals surface area contributed by atoms with E-state index in [2.05, 4.69) is 26.5 Å². The molecule has 3 aromatic heterocycles. The van der Waals surface area contributed by atoms with Crippen molar-refractivity contribution in [3.8, 4) is 12.3 Å². The number of aromatic nitrogens is 2. The Morgan fingerprint density at radius 1 is 1.44 bits per heavy atom. The Bertz CT molecular complexity index is 1130. The van der Waals surface area contributed by atoms with Gasteiger partial charge in [0.25, 0.3) is 0 Å². The zero-order chi connectivity index (χ0) is 23.5. The number of hydrogen-bond donors (Lipinski definition) is 2. The molecule has 1 amide bonds. The highest BCUT2D eigenvalue weighted by molar-refractivity contribution is 7.09. The highest BCUT2D eigenvalue weighted by atomic mass is 35.5. The summed E-state index contributed by atoms with van der Waals surface area (Å²) >= 11 is 7.70. The number of carbonyl (C=O) groups is 1. The molecular formula is C22H24ClFN4O3S. The molecule has 3 aromatic rings. The van der Waals surface area contributed by atoms with Crippen molar-refractivity contribution in [1.82, 2.24) is 15.3 Å². The monoisotopic (exact) mass is 478 g/mol. The number of thiophene rings is 1. The van der Waals surface area contributed by atoms with E-state index < -0.39 is 23.9 Å². The number of alkyl carbamates (subject to hydrolysis) is 1. The van der Waals surface area contributed by atoms with E-state index in [-0.39, 0.29) is 11.7 Å². The van der Waals surface area contributed by atoms with Crippen molar-refractivity contribution in [2.24, 2.45) is 0 Å². The van der Waals surface area contributed by atoms with E-state index in [0.29, 0.717) is 34.8 Å². The third-order valence-electron chi connectivity index (χ3n) is 4.40. The first-order valence-corrected chi connectivity index (χ1v) is 11.2. The summed E-state index contributed by atoms with van der Waals surface area (Å²) in [5.74, 6) is 3.21. The highest BCUT2D eigenvalue weighted by Crippen LogP contribution is 2.31. The molecule has 3 heterocycles. The Morgan fingerprint density at radius 3 is 2.78 bits per heavy atom. The summed E-state index contributed by atoms with van der Waals surface area (Å²) in [6.45, 7) is 7.02.